The van der Waals surface area contributed by atoms with Crippen molar-refractivity contribution in [1.29, 1.82) is 0 Å². The Morgan fingerprint density at radius 2 is 2.10 bits per heavy atom. The summed E-state index contributed by atoms with van der Waals surface area (Å²) >= 11 is 0. The van der Waals surface area contributed by atoms with Crippen LogP contribution in [0.5, 0.6) is 0 Å². The van der Waals surface area contributed by atoms with Gasteiger partial charge in [-0.25, -0.2) is 9.18 Å². The molecule has 6 heteroatoms. The van der Waals surface area contributed by atoms with E-state index in [0.717, 1.165) is 0 Å². The fourth-order valence-electron chi connectivity index (χ4n) is 1.83. The number of benzene rings is 1. The van der Waals surface area contributed by atoms with Gasteiger partial charge in [-0.2, -0.15) is 0 Å². The van der Waals surface area contributed by atoms with E-state index >= 15 is 0 Å². The molecule has 5 nitrogen and oxygen atoms in total. The second kappa shape index (κ2) is 5.47. The molecule has 1 heterocycles. The highest BCUT2D eigenvalue weighted by Crippen LogP contribution is 2.24. The van der Waals surface area contributed by atoms with Crippen molar-refractivity contribution >= 4 is 29.0 Å². The van der Waals surface area contributed by atoms with E-state index in [1.54, 1.807) is 20.8 Å². The lowest BCUT2D eigenvalue weighted by molar-refractivity contribution is 0.0636. The van der Waals surface area contributed by atoms with Crippen LogP contribution in [0.3, 0.4) is 0 Å². The molecule has 1 aromatic carbocycles. The van der Waals surface area contributed by atoms with Gasteiger partial charge in [0.15, 0.2) is 6.29 Å². The van der Waals surface area contributed by atoms with Crippen molar-refractivity contribution in [2.24, 2.45) is 0 Å². The van der Waals surface area contributed by atoms with Crippen LogP contribution < -0.4 is 5.32 Å². The summed E-state index contributed by atoms with van der Waals surface area (Å²) in [5.41, 5.74) is 0.137. The van der Waals surface area contributed by atoms with E-state index in [1.807, 2.05) is 0 Å². The zero-order valence-electron chi connectivity index (χ0n) is 11.9. The fraction of sp³-hybridized carbons (Fsp3) is 0.267. The first kappa shape index (κ1) is 14.9. The number of nitrogens with one attached hydrogen (secondary N) is 1. The van der Waals surface area contributed by atoms with E-state index in [1.165, 1.54) is 24.4 Å². The van der Waals surface area contributed by atoms with Gasteiger partial charge < -0.3 is 4.74 Å². The number of amides is 1. The van der Waals surface area contributed by atoms with Crippen LogP contribution >= 0.6 is 0 Å². The highest BCUT2D eigenvalue weighted by molar-refractivity contribution is 6.04. The van der Waals surface area contributed by atoms with Gasteiger partial charge in [0.25, 0.3) is 0 Å². The van der Waals surface area contributed by atoms with E-state index in [9.17, 15) is 14.0 Å². The molecule has 0 saturated heterocycles. The Morgan fingerprint density at radius 3 is 2.71 bits per heavy atom. The summed E-state index contributed by atoms with van der Waals surface area (Å²) in [6.07, 6.45) is 1.19. The molecule has 0 aliphatic carbocycles. The number of carbonyl (C=O) groups is 2. The lowest BCUT2D eigenvalue weighted by Gasteiger charge is -2.20. The van der Waals surface area contributed by atoms with Crippen molar-refractivity contribution in [1.82, 2.24) is 4.98 Å². The van der Waals surface area contributed by atoms with Gasteiger partial charge in [-0.15, -0.1) is 0 Å². The maximum absolute atomic E-state index is 13.3. The smallest absolute Gasteiger partial charge is 0.412 e. The minimum atomic E-state index is -0.705. The molecule has 0 aliphatic heterocycles. The Morgan fingerprint density at radius 1 is 1.38 bits per heavy atom. The first-order chi connectivity index (χ1) is 9.80. The summed E-state index contributed by atoms with van der Waals surface area (Å²) in [6.45, 7) is 5.17. The molecular formula is C15H15FN2O3. The topological polar surface area (TPSA) is 68.3 Å². The van der Waals surface area contributed by atoms with Gasteiger partial charge in [0.2, 0.25) is 0 Å². The lowest BCUT2D eigenvalue weighted by Crippen LogP contribution is -2.27. The van der Waals surface area contributed by atoms with Crippen LogP contribution in [0.15, 0.2) is 24.4 Å². The van der Waals surface area contributed by atoms with Crippen LogP contribution in [0, 0.1) is 5.82 Å². The molecule has 0 saturated carbocycles. The summed E-state index contributed by atoms with van der Waals surface area (Å²) in [7, 11) is 0. The number of rotatable bonds is 2. The summed E-state index contributed by atoms with van der Waals surface area (Å²) < 4.78 is 18.4. The fourth-order valence-corrected chi connectivity index (χ4v) is 1.83. The first-order valence-electron chi connectivity index (χ1n) is 6.33. The van der Waals surface area contributed by atoms with Crippen molar-refractivity contribution in [3.63, 3.8) is 0 Å². The second-order valence-corrected chi connectivity index (χ2v) is 5.49. The standard InChI is InChI=1S/C15H15FN2O3/c1-15(2,3)21-14(20)18-13-7-17-12-5-4-9(16)6-10(12)11(13)8-19/h4-8H,1-3H3,(H,18,20). The van der Waals surface area contributed by atoms with Crippen molar-refractivity contribution < 1.29 is 18.7 Å². The van der Waals surface area contributed by atoms with Crippen LogP contribution in [0.4, 0.5) is 14.9 Å². The molecular weight excluding hydrogens is 275 g/mol. The van der Waals surface area contributed by atoms with Crippen molar-refractivity contribution in [3.8, 4) is 0 Å². The minimum absolute atomic E-state index is 0.158. The summed E-state index contributed by atoms with van der Waals surface area (Å²) in [4.78, 5) is 27.1. The quantitative estimate of drug-likeness (QED) is 0.859. The van der Waals surface area contributed by atoms with Gasteiger partial charge in [-0.3, -0.25) is 15.1 Å². The van der Waals surface area contributed by atoms with Crippen molar-refractivity contribution in [2.45, 2.75) is 26.4 Å². The van der Waals surface area contributed by atoms with Crippen molar-refractivity contribution in [3.05, 3.63) is 35.8 Å². The number of halogens is 1. The molecule has 0 atom stereocenters. The molecule has 0 bridgehead atoms. The molecule has 0 fully saturated rings. The van der Waals surface area contributed by atoms with Crippen LogP contribution in [-0.4, -0.2) is 23.0 Å². The number of hydrogen-bond donors (Lipinski definition) is 1. The Labute approximate surface area is 121 Å². The Bertz CT molecular complexity index is 708. The Balaban J connectivity index is 2.40. The largest absolute Gasteiger partial charge is 0.444 e. The van der Waals surface area contributed by atoms with E-state index in [0.29, 0.717) is 17.2 Å². The number of aldehydes is 1. The average Bonchev–Trinajstić information content (AvgIpc) is 2.36. The molecule has 0 unspecified atom stereocenters. The minimum Gasteiger partial charge on any atom is -0.444 e. The molecule has 21 heavy (non-hydrogen) atoms. The predicted octanol–water partition coefficient (Wildman–Crippen LogP) is 3.53. The molecule has 2 rings (SSSR count). The molecule has 0 radical (unpaired) electrons. The Kier molecular flexibility index (Phi) is 3.88. The summed E-state index contributed by atoms with van der Waals surface area (Å²) in [6, 6.07) is 3.92. The zero-order chi connectivity index (χ0) is 15.6. The van der Waals surface area contributed by atoms with Gasteiger partial charge in [0.05, 0.1) is 17.4 Å². The van der Waals surface area contributed by atoms with Gasteiger partial charge in [-0.1, -0.05) is 0 Å². The van der Waals surface area contributed by atoms with E-state index < -0.39 is 17.5 Å². The number of nitrogens with zero attached hydrogens (tertiary/aromatic N) is 1. The zero-order valence-corrected chi connectivity index (χ0v) is 11.9. The average molecular weight is 290 g/mol. The maximum atomic E-state index is 13.3. The SMILES string of the molecule is CC(C)(C)OC(=O)Nc1cnc2ccc(F)cc2c1C=O. The third-order valence-corrected chi connectivity index (χ3v) is 2.63. The number of anilines is 1. The molecule has 1 N–H and O–H groups in total. The number of fused-ring (bicyclic) bond motifs is 1. The second-order valence-electron chi connectivity index (χ2n) is 5.49. The van der Waals surface area contributed by atoms with E-state index in [4.69, 9.17) is 4.74 Å². The Hall–Kier alpha value is -2.50. The number of hydrogen-bond acceptors (Lipinski definition) is 4. The lowest BCUT2D eigenvalue weighted by atomic mass is 10.1. The normalized spacial score (nSPS) is 11.2. The summed E-state index contributed by atoms with van der Waals surface area (Å²) in [5, 5.41) is 2.78. The van der Waals surface area contributed by atoms with Crippen LogP contribution in [0.25, 0.3) is 10.9 Å². The number of aromatic nitrogens is 1. The number of carbonyl (C=O) groups excluding carboxylic acids is 2. The van der Waals surface area contributed by atoms with Crippen LogP contribution in [-0.2, 0) is 4.74 Å². The molecule has 1 amide bonds. The van der Waals surface area contributed by atoms with E-state index in [2.05, 4.69) is 10.3 Å². The third-order valence-electron chi connectivity index (χ3n) is 2.63. The van der Waals surface area contributed by atoms with Gasteiger partial charge in [0, 0.05) is 10.9 Å². The number of ether oxygens (including phenoxy) is 1. The molecule has 0 spiro atoms. The monoisotopic (exact) mass is 290 g/mol. The molecule has 2 aromatic rings. The first-order valence-corrected chi connectivity index (χ1v) is 6.33. The van der Waals surface area contributed by atoms with Gasteiger partial charge in [0.1, 0.15) is 11.4 Å². The van der Waals surface area contributed by atoms with E-state index in [-0.39, 0.29) is 11.3 Å². The molecule has 0 aliphatic rings. The van der Waals surface area contributed by atoms with Crippen LogP contribution in [0.1, 0.15) is 31.1 Å². The highest BCUT2D eigenvalue weighted by atomic mass is 19.1. The van der Waals surface area contributed by atoms with Gasteiger partial charge >= 0.3 is 6.09 Å². The van der Waals surface area contributed by atoms with Crippen LogP contribution in [0.2, 0.25) is 0 Å². The highest BCUT2D eigenvalue weighted by Gasteiger charge is 2.18. The predicted molar refractivity (Wildman–Crippen MR) is 76.9 cm³/mol. The summed E-state index contributed by atoms with van der Waals surface area (Å²) in [5.74, 6) is -0.484. The maximum Gasteiger partial charge on any atom is 0.412 e. The van der Waals surface area contributed by atoms with Crippen molar-refractivity contribution in [2.75, 3.05) is 5.32 Å². The number of pyridine rings is 1. The third kappa shape index (κ3) is 3.53. The van der Waals surface area contributed by atoms with Gasteiger partial charge in [-0.05, 0) is 39.0 Å². The molecule has 110 valence electrons. The molecule has 1 aromatic heterocycles.